The quantitative estimate of drug-likeness (QED) is 0.813. The first kappa shape index (κ1) is 17.5. The van der Waals surface area contributed by atoms with Crippen molar-refractivity contribution in [2.24, 2.45) is 0 Å². The fourth-order valence-corrected chi connectivity index (χ4v) is 2.28. The molecule has 0 atom stereocenters. The zero-order chi connectivity index (χ0) is 17.5. The van der Waals surface area contributed by atoms with E-state index in [9.17, 15) is 9.59 Å². The molecule has 126 valence electrons. The molecule has 5 nitrogen and oxygen atoms in total. The Bertz CT molecular complexity index is 723. The van der Waals surface area contributed by atoms with Crippen molar-refractivity contribution in [2.75, 3.05) is 11.9 Å². The number of carboxylic acids is 1. The van der Waals surface area contributed by atoms with Crippen molar-refractivity contribution in [3.8, 4) is 5.75 Å². The van der Waals surface area contributed by atoms with Crippen LogP contribution in [0, 0.1) is 6.92 Å². The van der Waals surface area contributed by atoms with E-state index < -0.39 is 5.97 Å². The third kappa shape index (κ3) is 4.84. The lowest BCUT2D eigenvalue weighted by Gasteiger charge is -2.10. The summed E-state index contributed by atoms with van der Waals surface area (Å²) in [5.41, 5.74) is 2.56. The van der Waals surface area contributed by atoms with Gasteiger partial charge >= 0.3 is 5.97 Å². The van der Waals surface area contributed by atoms with Gasteiger partial charge in [-0.15, -0.1) is 0 Å². The lowest BCUT2D eigenvalue weighted by atomic mass is 10.1. The van der Waals surface area contributed by atoms with Gasteiger partial charge in [-0.05, 0) is 55.7 Å². The van der Waals surface area contributed by atoms with Gasteiger partial charge in [-0.25, -0.2) is 4.79 Å². The Kier molecular flexibility index (Phi) is 5.95. The Hall–Kier alpha value is -2.82. The van der Waals surface area contributed by atoms with Crippen LogP contribution in [0.3, 0.4) is 0 Å². The molecule has 2 aromatic rings. The summed E-state index contributed by atoms with van der Waals surface area (Å²) in [5.74, 6) is -0.346. The van der Waals surface area contributed by atoms with Crippen molar-refractivity contribution >= 4 is 17.6 Å². The molecule has 0 aliphatic heterocycles. The maximum absolute atomic E-state index is 12.1. The number of hydrogen-bond donors (Lipinski definition) is 2. The molecule has 5 heteroatoms. The average molecular weight is 327 g/mol. The molecule has 0 bridgehead atoms. The minimum absolute atomic E-state index is 0.144. The van der Waals surface area contributed by atoms with Gasteiger partial charge in [0.1, 0.15) is 5.75 Å². The first-order valence-electron chi connectivity index (χ1n) is 7.85. The van der Waals surface area contributed by atoms with E-state index in [2.05, 4.69) is 5.32 Å². The molecule has 0 saturated carbocycles. The number of anilines is 1. The molecule has 2 aromatic carbocycles. The van der Waals surface area contributed by atoms with Crippen LogP contribution in [0.4, 0.5) is 5.69 Å². The Labute approximate surface area is 141 Å². The maximum Gasteiger partial charge on any atom is 0.335 e. The largest absolute Gasteiger partial charge is 0.494 e. The molecule has 2 rings (SSSR count). The Morgan fingerprint density at radius 2 is 1.83 bits per heavy atom. The molecule has 0 heterocycles. The molecule has 0 aliphatic rings. The summed E-state index contributed by atoms with van der Waals surface area (Å²) >= 11 is 0. The van der Waals surface area contributed by atoms with E-state index in [0.29, 0.717) is 25.1 Å². The molecule has 1 amide bonds. The number of nitrogens with one attached hydrogen (secondary N) is 1. The van der Waals surface area contributed by atoms with Crippen molar-refractivity contribution < 1.29 is 19.4 Å². The number of hydrogen-bond acceptors (Lipinski definition) is 3. The number of carboxylic acid groups (broad SMARTS) is 1. The van der Waals surface area contributed by atoms with E-state index in [1.54, 1.807) is 6.07 Å². The lowest BCUT2D eigenvalue weighted by Crippen LogP contribution is -2.14. The van der Waals surface area contributed by atoms with Gasteiger partial charge in [0.15, 0.2) is 0 Å². The van der Waals surface area contributed by atoms with Crippen LogP contribution in [0.25, 0.3) is 0 Å². The molecule has 24 heavy (non-hydrogen) atoms. The SMILES string of the molecule is CCOc1ccc(CCC(=O)Nc2cc(C(=O)O)ccc2C)cc1. The fraction of sp³-hybridized carbons (Fsp3) is 0.263. The second kappa shape index (κ2) is 8.15. The number of rotatable bonds is 7. The first-order chi connectivity index (χ1) is 11.5. The van der Waals surface area contributed by atoms with Crippen molar-refractivity contribution in [1.82, 2.24) is 0 Å². The number of ether oxygens (including phenoxy) is 1. The number of aryl methyl sites for hydroxylation is 2. The molecule has 0 aliphatic carbocycles. The average Bonchev–Trinajstić information content (AvgIpc) is 2.56. The number of carbonyl (C=O) groups is 2. The summed E-state index contributed by atoms with van der Waals surface area (Å²) in [4.78, 5) is 23.1. The van der Waals surface area contributed by atoms with Gasteiger partial charge < -0.3 is 15.2 Å². The summed E-state index contributed by atoms with van der Waals surface area (Å²) in [6, 6.07) is 12.3. The van der Waals surface area contributed by atoms with Crippen LogP contribution in [-0.4, -0.2) is 23.6 Å². The highest BCUT2D eigenvalue weighted by Gasteiger charge is 2.09. The van der Waals surface area contributed by atoms with Crippen molar-refractivity contribution in [3.05, 3.63) is 59.2 Å². The minimum Gasteiger partial charge on any atom is -0.494 e. The molecule has 0 unspecified atom stereocenters. The topological polar surface area (TPSA) is 75.6 Å². The van der Waals surface area contributed by atoms with E-state index in [-0.39, 0.29) is 11.5 Å². The Balaban J connectivity index is 1.93. The summed E-state index contributed by atoms with van der Waals surface area (Å²) in [5, 5.41) is 11.8. The highest BCUT2D eigenvalue weighted by atomic mass is 16.5. The predicted octanol–water partition coefficient (Wildman–Crippen LogP) is 3.66. The van der Waals surface area contributed by atoms with Gasteiger partial charge in [0.2, 0.25) is 5.91 Å². The lowest BCUT2D eigenvalue weighted by molar-refractivity contribution is -0.116. The number of benzene rings is 2. The van der Waals surface area contributed by atoms with Crippen LogP contribution in [0.2, 0.25) is 0 Å². The van der Waals surface area contributed by atoms with Crippen LogP contribution < -0.4 is 10.1 Å². The van der Waals surface area contributed by atoms with Gasteiger partial charge in [0, 0.05) is 12.1 Å². The second-order valence-electron chi connectivity index (χ2n) is 5.46. The predicted molar refractivity (Wildman–Crippen MR) is 92.7 cm³/mol. The van der Waals surface area contributed by atoms with Crippen LogP contribution in [0.5, 0.6) is 5.75 Å². The molecule has 2 N–H and O–H groups in total. The van der Waals surface area contributed by atoms with Crippen LogP contribution in [0.1, 0.15) is 34.8 Å². The van der Waals surface area contributed by atoms with Gasteiger partial charge in [-0.1, -0.05) is 18.2 Å². The maximum atomic E-state index is 12.1. The van der Waals surface area contributed by atoms with Crippen molar-refractivity contribution in [2.45, 2.75) is 26.7 Å². The van der Waals surface area contributed by atoms with E-state index in [1.165, 1.54) is 12.1 Å². The molecule has 0 fully saturated rings. The van der Waals surface area contributed by atoms with Crippen molar-refractivity contribution in [1.29, 1.82) is 0 Å². The smallest absolute Gasteiger partial charge is 0.335 e. The molecule has 0 radical (unpaired) electrons. The van der Waals surface area contributed by atoms with Crippen LogP contribution in [-0.2, 0) is 11.2 Å². The van der Waals surface area contributed by atoms with Crippen LogP contribution >= 0.6 is 0 Å². The monoisotopic (exact) mass is 327 g/mol. The molecule has 0 aromatic heterocycles. The fourth-order valence-electron chi connectivity index (χ4n) is 2.28. The zero-order valence-electron chi connectivity index (χ0n) is 13.8. The number of amides is 1. The molecule has 0 saturated heterocycles. The van der Waals surface area contributed by atoms with E-state index in [1.807, 2.05) is 38.1 Å². The number of carbonyl (C=O) groups excluding carboxylic acids is 1. The normalized spacial score (nSPS) is 10.2. The number of aromatic carboxylic acids is 1. The first-order valence-corrected chi connectivity index (χ1v) is 7.85. The highest BCUT2D eigenvalue weighted by molar-refractivity contribution is 5.94. The summed E-state index contributed by atoms with van der Waals surface area (Å²) in [7, 11) is 0. The summed E-state index contributed by atoms with van der Waals surface area (Å²) in [6.45, 7) is 4.38. The minimum atomic E-state index is -1.01. The Morgan fingerprint density at radius 3 is 2.46 bits per heavy atom. The second-order valence-corrected chi connectivity index (χ2v) is 5.46. The molecular formula is C19H21NO4. The van der Waals surface area contributed by atoms with Gasteiger partial charge in [0.05, 0.1) is 12.2 Å². The van der Waals surface area contributed by atoms with Crippen molar-refractivity contribution in [3.63, 3.8) is 0 Å². The van der Waals surface area contributed by atoms with Gasteiger partial charge in [0.25, 0.3) is 0 Å². The summed E-state index contributed by atoms with van der Waals surface area (Å²) in [6.07, 6.45) is 0.931. The zero-order valence-corrected chi connectivity index (χ0v) is 13.8. The van der Waals surface area contributed by atoms with E-state index in [0.717, 1.165) is 16.9 Å². The van der Waals surface area contributed by atoms with E-state index in [4.69, 9.17) is 9.84 Å². The molecule has 0 spiro atoms. The van der Waals surface area contributed by atoms with Gasteiger partial charge in [-0.2, -0.15) is 0 Å². The summed E-state index contributed by atoms with van der Waals surface area (Å²) < 4.78 is 5.38. The third-order valence-electron chi connectivity index (χ3n) is 3.63. The van der Waals surface area contributed by atoms with E-state index >= 15 is 0 Å². The van der Waals surface area contributed by atoms with Crippen LogP contribution in [0.15, 0.2) is 42.5 Å². The molecular weight excluding hydrogens is 306 g/mol. The van der Waals surface area contributed by atoms with Gasteiger partial charge in [-0.3, -0.25) is 4.79 Å². The third-order valence-corrected chi connectivity index (χ3v) is 3.63. The highest BCUT2D eigenvalue weighted by Crippen LogP contribution is 2.18. The standard InChI is InChI=1S/C19H21NO4/c1-3-24-16-9-5-14(6-10-16)7-11-18(21)20-17-12-15(19(22)23)8-4-13(17)2/h4-6,8-10,12H,3,7,11H2,1-2H3,(H,20,21)(H,22,23). The Morgan fingerprint density at radius 1 is 1.12 bits per heavy atom.